The Morgan fingerprint density at radius 3 is 1.93 bits per heavy atom. The van der Waals surface area contributed by atoms with Crippen LogP contribution in [0.3, 0.4) is 0 Å². The Hall–Kier alpha value is -4.69. The molecule has 2 heterocycles. The second-order valence-electron chi connectivity index (χ2n) is 11.2. The van der Waals surface area contributed by atoms with Crippen LogP contribution in [0, 0.1) is 0 Å². The van der Waals surface area contributed by atoms with Crippen LogP contribution in [-0.2, 0) is 5.41 Å². The predicted octanol–water partition coefficient (Wildman–Crippen LogP) is 10.3. The minimum atomic E-state index is -0.0919. The molecule has 2 nitrogen and oxygen atoms in total. The summed E-state index contributed by atoms with van der Waals surface area (Å²) in [6.07, 6.45) is 5.38. The first kappa shape index (κ1) is 25.3. The van der Waals surface area contributed by atoms with Gasteiger partial charge in [-0.05, 0) is 66.1 Å². The minimum absolute atomic E-state index is 0.0919. The van der Waals surface area contributed by atoms with Crippen LogP contribution in [0.4, 0.5) is 17.1 Å². The van der Waals surface area contributed by atoms with E-state index >= 15 is 0 Å². The smallest absolute Gasteiger partial charge is 0.218 e. The molecule has 1 unspecified atom stereocenters. The van der Waals surface area contributed by atoms with Crippen LogP contribution in [0.1, 0.15) is 38.7 Å². The zero-order valence-corrected chi connectivity index (χ0v) is 23.8. The molecule has 0 aliphatic carbocycles. The van der Waals surface area contributed by atoms with Gasteiger partial charge in [-0.2, -0.15) is 4.57 Å². The lowest BCUT2D eigenvalue weighted by molar-refractivity contribution is -0.577. The van der Waals surface area contributed by atoms with E-state index in [0.717, 1.165) is 24.9 Å². The fourth-order valence-electron chi connectivity index (χ4n) is 7.08. The van der Waals surface area contributed by atoms with Gasteiger partial charge in [0.15, 0.2) is 11.9 Å². The maximum absolute atomic E-state index is 4.67. The maximum atomic E-state index is 4.67. The average Bonchev–Trinajstić information content (AvgIpc) is 3.03. The van der Waals surface area contributed by atoms with Gasteiger partial charge in [-0.15, -0.1) is 0 Å². The van der Waals surface area contributed by atoms with E-state index in [-0.39, 0.29) is 5.41 Å². The first-order chi connectivity index (χ1) is 20.2. The number of allylic oxidation sites excluding steroid dienone is 1. The van der Waals surface area contributed by atoms with Crippen molar-refractivity contribution in [2.24, 2.45) is 0 Å². The summed E-state index contributed by atoms with van der Waals surface area (Å²) in [5, 5.41) is 4.94. The van der Waals surface area contributed by atoms with Gasteiger partial charge in [0.2, 0.25) is 5.69 Å². The van der Waals surface area contributed by atoms with E-state index < -0.39 is 0 Å². The van der Waals surface area contributed by atoms with Gasteiger partial charge in [0, 0.05) is 28.6 Å². The van der Waals surface area contributed by atoms with E-state index in [9.17, 15) is 0 Å². The number of hydrogen-bond acceptors (Lipinski definition) is 1. The molecule has 41 heavy (non-hydrogen) atoms. The quantitative estimate of drug-likeness (QED) is 0.194. The highest BCUT2D eigenvalue weighted by atomic mass is 15.1. The Balaban J connectivity index is 1.54. The van der Waals surface area contributed by atoms with Crippen molar-refractivity contribution in [3.63, 3.8) is 0 Å². The third kappa shape index (κ3) is 3.89. The standard InChI is InChI=1S/C39H35N2/c1-4-25-39(5-2)28(3)40-26-11-10-20-36(40)34-27-31(23-24-35(34)39)41(37-21-12-16-29-14-6-8-18-32(29)37)38-22-13-17-30-15-7-9-19-33(30)38/h6-24,26-27H,3-5,25H2,1-2H3/q+1. The Labute approximate surface area is 242 Å². The molecule has 0 bridgehead atoms. The van der Waals surface area contributed by atoms with Crippen LogP contribution in [-0.4, -0.2) is 0 Å². The maximum Gasteiger partial charge on any atom is 0.218 e. The van der Waals surface area contributed by atoms with E-state index in [0.29, 0.717) is 0 Å². The lowest BCUT2D eigenvalue weighted by Gasteiger charge is -2.37. The summed E-state index contributed by atoms with van der Waals surface area (Å²) in [4.78, 5) is 2.45. The molecule has 1 atom stereocenters. The first-order valence-electron chi connectivity index (χ1n) is 14.8. The number of aromatic nitrogens is 1. The molecule has 0 amide bonds. The highest BCUT2D eigenvalue weighted by Gasteiger charge is 2.46. The van der Waals surface area contributed by atoms with Crippen molar-refractivity contribution in [1.82, 2.24) is 0 Å². The molecule has 0 fully saturated rings. The van der Waals surface area contributed by atoms with Crippen LogP contribution >= 0.6 is 0 Å². The number of pyridine rings is 1. The molecule has 0 saturated heterocycles. The van der Waals surface area contributed by atoms with Crippen LogP contribution in [0.15, 0.2) is 134 Å². The Kier molecular flexibility index (Phi) is 6.20. The molecule has 0 N–H and O–H groups in total. The number of hydrogen-bond donors (Lipinski definition) is 0. The van der Waals surface area contributed by atoms with Gasteiger partial charge in [-0.1, -0.05) is 99.1 Å². The second-order valence-corrected chi connectivity index (χ2v) is 11.2. The summed E-state index contributed by atoms with van der Waals surface area (Å²) in [5.41, 5.74) is 8.47. The summed E-state index contributed by atoms with van der Waals surface area (Å²) in [6, 6.07) is 44.3. The van der Waals surface area contributed by atoms with Gasteiger partial charge in [0.1, 0.15) is 0 Å². The van der Waals surface area contributed by atoms with Crippen molar-refractivity contribution in [1.29, 1.82) is 0 Å². The lowest BCUT2D eigenvalue weighted by atomic mass is 9.68. The Morgan fingerprint density at radius 2 is 1.29 bits per heavy atom. The van der Waals surface area contributed by atoms with Crippen molar-refractivity contribution < 1.29 is 4.57 Å². The highest BCUT2D eigenvalue weighted by molar-refractivity contribution is 6.05. The summed E-state index contributed by atoms with van der Waals surface area (Å²) >= 11 is 0. The number of nitrogens with zero attached hydrogens (tertiary/aromatic N) is 2. The third-order valence-corrected chi connectivity index (χ3v) is 9.05. The zero-order chi connectivity index (χ0) is 28.0. The molecular weight excluding hydrogens is 496 g/mol. The Bertz CT molecular complexity index is 1840. The molecule has 5 aromatic carbocycles. The molecule has 1 aliphatic rings. The molecule has 0 saturated carbocycles. The predicted molar refractivity (Wildman–Crippen MR) is 174 cm³/mol. The van der Waals surface area contributed by atoms with Crippen LogP contribution in [0.2, 0.25) is 0 Å². The molecule has 0 radical (unpaired) electrons. The van der Waals surface area contributed by atoms with E-state index in [1.165, 1.54) is 55.4 Å². The van der Waals surface area contributed by atoms with Gasteiger partial charge in [0.25, 0.3) is 0 Å². The average molecular weight is 532 g/mol. The fraction of sp³-hybridized carbons (Fsp3) is 0.154. The number of benzene rings is 5. The van der Waals surface area contributed by atoms with Gasteiger partial charge < -0.3 is 4.90 Å². The van der Waals surface area contributed by atoms with Crippen LogP contribution in [0.5, 0.6) is 0 Å². The molecular formula is C39H35N2+. The van der Waals surface area contributed by atoms with Crippen molar-refractivity contribution in [2.75, 3.05) is 4.90 Å². The van der Waals surface area contributed by atoms with Gasteiger partial charge >= 0.3 is 0 Å². The van der Waals surface area contributed by atoms with Gasteiger partial charge in [0.05, 0.1) is 22.4 Å². The monoisotopic (exact) mass is 531 g/mol. The van der Waals surface area contributed by atoms with E-state index in [1.807, 2.05) is 0 Å². The summed E-state index contributed by atoms with van der Waals surface area (Å²) < 4.78 is 2.32. The molecule has 200 valence electrons. The second kappa shape index (κ2) is 10.1. The molecule has 6 aromatic rings. The topological polar surface area (TPSA) is 7.12 Å². The van der Waals surface area contributed by atoms with Crippen molar-refractivity contribution in [3.8, 4) is 11.3 Å². The number of anilines is 3. The van der Waals surface area contributed by atoms with Crippen molar-refractivity contribution >= 4 is 44.3 Å². The summed E-state index contributed by atoms with van der Waals surface area (Å²) in [7, 11) is 0. The summed E-state index contributed by atoms with van der Waals surface area (Å²) in [5.74, 6) is 0. The van der Waals surface area contributed by atoms with E-state index in [4.69, 9.17) is 0 Å². The largest absolute Gasteiger partial charge is 0.309 e. The van der Waals surface area contributed by atoms with Crippen molar-refractivity contribution in [3.05, 3.63) is 140 Å². The number of rotatable bonds is 6. The third-order valence-electron chi connectivity index (χ3n) is 9.05. The Morgan fingerprint density at radius 1 is 0.683 bits per heavy atom. The van der Waals surface area contributed by atoms with E-state index in [1.54, 1.807) is 0 Å². The molecule has 1 aliphatic heterocycles. The normalized spacial score (nSPS) is 16.0. The minimum Gasteiger partial charge on any atom is -0.309 e. The van der Waals surface area contributed by atoms with Crippen LogP contribution < -0.4 is 9.47 Å². The fourth-order valence-corrected chi connectivity index (χ4v) is 7.08. The summed E-state index contributed by atoms with van der Waals surface area (Å²) in [6.45, 7) is 9.27. The molecule has 0 spiro atoms. The van der Waals surface area contributed by atoms with Gasteiger partial charge in [-0.3, -0.25) is 0 Å². The molecule has 2 heteroatoms. The molecule has 7 rings (SSSR count). The van der Waals surface area contributed by atoms with E-state index in [2.05, 4.69) is 157 Å². The zero-order valence-electron chi connectivity index (χ0n) is 23.8. The molecule has 1 aromatic heterocycles. The van der Waals surface area contributed by atoms with Crippen LogP contribution in [0.25, 0.3) is 38.5 Å². The van der Waals surface area contributed by atoms with Crippen molar-refractivity contribution in [2.45, 2.75) is 38.5 Å². The number of fused-ring (bicyclic) bond motifs is 5. The highest BCUT2D eigenvalue weighted by Crippen LogP contribution is 2.50. The van der Waals surface area contributed by atoms with Gasteiger partial charge in [-0.25, -0.2) is 0 Å². The SMILES string of the molecule is C=C1[n+]2ccccc2-c2cc(N(c3cccc4ccccc34)c3cccc4ccccc34)ccc2C1(CC)CCC. The lowest BCUT2D eigenvalue weighted by Crippen LogP contribution is -2.48. The first-order valence-corrected chi connectivity index (χ1v) is 14.8.